The van der Waals surface area contributed by atoms with Crippen molar-refractivity contribution in [3.8, 4) is 0 Å². The quantitative estimate of drug-likeness (QED) is 0.708. The van der Waals surface area contributed by atoms with E-state index < -0.39 is 0 Å². The summed E-state index contributed by atoms with van der Waals surface area (Å²) in [6.07, 6.45) is 6.97. The molecule has 1 saturated carbocycles. The first kappa shape index (κ1) is 7.73. The summed E-state index contributed by atoms with van der Waals surface area (Å²) in [4.78, 5) is 0. The van der Waals surface area contributed by atoms with E-state index in [9.17, 15) is 0 Å². The summed E-state index contributed by atoms with van der Waals surface area (Å²) in [6.45, 7) is 0.497. The average Bonchev–Trinajstić information content (AvgIpc) is 2.74. The maximum absolute atomic E-state index is 5.54. The number of rotatable bonds is 2. The van der Waals surface area contributed by atoms with Crippen LogP contribution in [0.2, 0.25) is 0 Å². The third-order valence-electron chi connectivity index (χ3n) is 2.55. The number of hydrogen-bond acceptors (Lipinski definition) is 3. The lowest BCUT2D eigenvalue weighted by Gasteiger charge is -2.11. The molecule has 1 aliphatic rings. The van der Waals surface area contributed by atoms with E-state index in [-0.39, 0.29) is 0 Å². The molecule has 0 unspecified atom stereocenters. The van der Waals surface area contributed by atoms with Gasteiger partial charge in [0.1, 0.15) is 12.2 Å². The molecule has 0 aliphatic heterocycles. The lowest BCUT2D eigenvalue weighted by Crippen LogP contribution is -2.11. The van der Waals surface area contributed by atoms with Gasteiger partial charge in [-0.25, -0.2) is 0 Å². The van der Waals surface area contributed by atoms with Crippen molar-refractivity contribution in [2.24, 2.45) is 5.73 Å². The molecule has 1 aromatic rings. The maximum Gasteiger partial charge on any atom is 0.146 e. The molecule has 0 bridgehead atoms. The number of nitrogens with zero attached hydrogens (tertiary/aromatic N) is 3. The molecular weight excluding hydrogens is 152 g/mol. The summed E-state index contributed by atoms with van der Waals surface area (Å²) in [5, 5.41) is 7.84. The minimum absolute atomic E-state index is 0.497. The van der Waals surface area contributed by atoms with Crippen LogP contribution in [0.3, 0.4) is 0 Å². The van der Waals surface area contributed by atoms with Crippen LogP contribution in [0.25, 0.3) is 0 Å². The van der Waals surface area contributed by atoms with E-state index in [2.05, 4.69) is 14.8 Å². The summed E-state index contributed by atoms with van der Waals surface area (Å²) in [7, 11) is 0. The predicted molar refractivity (Wildman–Crippen MR) is 45.4 cm³/mol. The molecule has 2 rings (SSSR count). The van der Waals surface area contributed by atoms with E-state index >= 15 is 0 Å². The first-order chi connectivity index (χ1) is 5.92. The van der Waals surface area contributed by atoms with Crippen LogP contribution < -0.4 is 5.73 Å². The Morgan fingerprint density at radius 3 is 2.92 bits per heavy atom. The average molecular weight is 166 g/mol. The van der Waals surface area contributed by atoms with Crippen LogP contribution in [0.1, 0.15) is 37.5 Å². The fourth-order valence-corrected chi connectivity index (χ4v) is 1.90. The molecule has 2 N–H and O–H groups in total. The van der Waals surface area contributed by atoms with Gasteiger partial charge in [0.2, 0.25) is 0 Å². The first-order valence-electron chi connectivity index (χ1n) is 4.50. The largest absolute Gasteiger partial charge is 0.324 e. The van der Waals surface area contributed by atoms with Crippen molar-refractivity contribution in [1.29, 1.82) is 0 Å². The third kappa shape index (κ3) is 1.22. The second kappa shape index (κ2) is 3.23. The molecule has 0 radical (unpaired) electrons. The molecule has 0 amide bonds. The second-order valence-corrected chi connectivity index (χ2v) is 3.30. The van der Waals surface area contributed by atoms with Crippen molar-refractivity contribution in [2.75, 3.05) is 0 Å². The van der Waals surface area contributed by atoms with Gasteiger partial charge in [-0.2, -0.15) is 0 Å². The summed E-state index contributed by atoms with van der Waals surface area (Å²) < 4.78 is 2.13. The van der Waals surface area contributed by atoms with E-state index in [1.54, 1.807) is 6.33 Å². The zero-order chi connectivity index (χ0) is 8.39. The van der Waals surface area contributed by atoms with E-state index in [0.29, 0.717) is 12.6 Å². The van der Waals surface area contributed by atoms with E-state index in [4.69, 9.17) is 5.73 Å². The molecule has 1 aliphatic carbocycles. The van der Waals surface area contributed by atoms with Gasteiger partial charge in [0, 0.05) is 6.04 Å². The van der Waals surface area contributed by atoms with Crippen molar-refractivity contribution in [1.82, 2.24) is 14.8 Å². The first-order valence-corrected chi connectivity index (χ1v) is 4.50. The SMILES string of the molecule is NCc1nncn1C1CCCC1. The minimum Gasteiger partial charge on any atom is -0.324 e. The normalized spacial score (nSPS) is 18.8. The summed E-state index contributed by atoms with van der Waals surface area (Å²) >= 11 is 0. The van der Waals surface area contributed by atoms with Crippen molar-refractivity contribution in [3.05, 3.63) is 12.2 Å². The molecule has 12 heavy (non-hydrogen) atoms. The molecule has 4 heteroatoms. The highest BCUT2D eigenvalue weighted by atomic mass is 15.3. The standard InChI is InChI=1S/C8H14N4/c9-5-8-11-10-6-12(8)7-3-1-2-4-7/h6-7H,1-5,9H2. The lowest BCUT2D eigenvalue weighted by molar-refractivity contribution is 0.497. The molecule has 0 saturated heterocycles. The van der Waals surface area contributed by atoms with Crippen molar-refractivity contribution in [2.45, 2.75) is 38.3 Å². The topological polar surface area (TPSA) is 56.7 Å². The molecule has 1 fully saturated rings. The van der Waals surface area contributed by atoms with Gasteiger partial charge in [-0.3, -0.25) is 0 Å². The molecule has 1 aromatic heterocycles. The maximum atomic E-state index is 5.54. The highest BCUT2D eigenvalue weighted by Gasteiger charge is 2.18. The van der Waals surface area contributed by atoms with Crippen LogP contribution in [0.5, 0.6) is 0 Å². The monoisotopic (exact) mass is 166 g/mol. The third-order valence-corrected chi connectivity index (χ3v) is 2.55. The number of hydrogen-bond donors (Lipinski definition) is 1. The number of nitrogens with two attached hydrogens (primary N) is 1. The van der Waals surface area contributed by atoms with Crippen LogP contribution in [-0.2, 0) is 6.54 Å². The predicted octanol–water partition coefficient (Wildman–Crippen LogP) is 0.852. The fraction of sp³-hybridized carbons (Fsp3) is 0.750. The van der Waals surface area contributed by atoms with Crippen LogP contribution in [0.4, 0.5) is 0 Å². The van der Waals surface area contributed by atoms with E-state index in [1.165, 1.54) is 25.7 Å². The molecule has 1 heterocycles. The fourth-order valence-electron chi connectivity index (χ4n) is 1.90. The second-order valence-electron chi connectivity index (χ2n) is 3.30. The van der Waals surface area contributed by atoms with E-state index in [0.717, 1.165) is 5.82 Å². The smallest absolute Gasteiger partial charge is 0.146 e. The van der Waals surface area contributed by atoms with Crippen LogP contribution in [0.15, 0.2) is 6.33 Å². The van der Waals surface area contributed by atoms with Gasteiger partial charge in [0.15, 0.2) is 0 Å². The minimum atomic E-state index is 0.497. The van der Waals surface area contributed by atoms with Crippen molar-refractivity contribution >= 4 is 0 Å². The Hall–Kier alpha value is -0.900. The zero-order valence-electron chi connectivity index (χ0n) is 7.11. The Kier molecular flexibility index (Phi) is 2.08. The van der Waals surface area contributed by atoms with Crippen molar-refractivity contribution in [3.63, 3.8) is 0 Å². The van der Waals surface area contributed by atoms with Gasteiger partial charge < -0.3 is 10.3 Å². The van der Waals surface area contributed by atoms with Gasteiger partial charge >= 0.3 is 0 Å². The molecule has 0 aromatic carbocycles. The van der Waals surface area contributed by atoms with Gasteiger partial charge in [0.25, 0.3) is 0 Å². The Labute approximate surface area is 71.8 Å². The molecule has 4 nitrogen and oxygen atoms in total. The van der Waals surface area contributed by atoms with Gasteiger partial charge in [-0.15, -0.1) is 10.2 Å². The summed E-state index contributed by atoms with van der Waals surface area (Å²) in [5.41, 5.74) is 5.54. The Bertz CT molecular complexity index is 249. The van der Waals surface area contributed by atoms with Gasteiger partial charge in [0.05, 0.1) is 6.54 Å². The van der Waals surface area contributed by atoms with Gasteiger partial charge in [-0.05, 0) is 12.8 Å². The molecule has 0 spiro atoms. The van der Waals surface area contributed by atoms with Crippen LogP contribution in [0, 0.1) is 0 Å². The highest BCUT2D eigenvalue weighted by Crippen LogP contribution is 2.29. The van der Waals surface area contributed by atoms with E-state index in [1.807, 2.05) is 0 Å². The van der Waals surface area contributed by atoms with Gasteiger partial charge in [-0.1, -0.05) is 12.8 Å². The lowest BCUT2D eigenvalue weighted by atomic mass is 10.2. The molecule has 66 valence electrons. The number of aromatic nitrogens is 3. The Morgan fingerprint density at radius 2 is 2.25 bits per heavy atom. The molecule has 0 atom stereocenters. The Morgan fingerprint density at radius 1 is 1.50 bits per heavy atom. The Balaban J connectivity index is 2.19. The summed E-state index contributed by atoms with van der Waals surface area (Å²) in [5.74, 6) is 0.918. The highest BCUT2D eigenvalue weighted by molar-refractivity contribution is 4.89. The van der Waals surface area contributed by atoms with Crippen molar-refractivity contribution < 1.29 is 0 Å². The zero-order valence-corrected chi connectivity index (χ0v) is 7.11. The van der Waals surface area contributed by atoms with Crippen LogP contribution in [-0.4, -0.2) is 14.8 Å². The van der Waals surface area contributed by atoms with Crippen LogP contribution >= 0.6 is 0 Å². The summed E-state index contributed by atoms with van der Waals surface area (Å²) in [6, 6.07) is 0.610. The molecular formula is C8H14N4.